The van der Waals surface area contributed by atoms with Crippen molar-refractivity contribution in [3.05, 3.63) is 53.8 Å². The van der Waals surface area contributed by atoms with Gasteiger partial charge in [-0.05, 0) is 36.8 Å². The number of nitrogens with one attached hydrogen (secondary N) is 1. The number of hydrogen-bond donors (Lipinski definition) is 1. The minimum atomic E-state index is -0.307. The number of aryl methyl sites for hydroxylation is 1. The van der Waals surface area contributed by atoms with E-state index in [1.165, 1.54) is 12.1 Å². The van der Waals surface area contributed by atoms with Crippen LogP contribution >= 0.6 is 0 Å². The summed E-state index contributed by atoms with van der Waals surface area (Å²) in [6, 6.07) is 12.3. The zero-order valence-electron chi connectivity index (χ0n) is 11.2. The van der Waals surface area contributed by atoms with Gasteiger partial charge in [0.25, 0.3) is 0 Å². The van der Waals surface area contributed by atoms with Crippen molar-refractivity contribution in [2.24, 2.45) is 0 Å². The minimum absolute atomic E-state index is 0.0473. The first-order valence-corrected chi connectivity index (χ1v) is 6.58. The van der Waals surface area contributed by atoms with Gasteiger partial charge < -0.3 is 10.2 Å². The van der Waals surface area contributed by atoms with Gasteiger partial charge in [-0.15, -0.1) is 0 Å². The zero-order valence-corrected chi connectivity index (χ0v) is 11.2. The molecule has 0 saturated carbocycles. The van der Waals surface area contributed by atoms with E-state index < -0.39 is 0 Å². The zero-order chi connectivity index (χ0) is 14.1. The van der Waals surface area contributed by atoms with Crippen LogP contribution in [-0.2, 0) is 4.79 Å². The number of rotatable bonds is 1. The third-order valence-electron chi connectivity index (χ3n) is 3.49. The number of anilines is 3. The summed E-state index contributed by atoms with van der Waals surface area (Å²) >= 11 is 0. The molecule has 1 aliphatic rings. The quantitative estimate of drug-likeness (QED) is 0.858. The van der Waals surface area contributed by atoms with Crippen molar-refractivity contribution in [3.63, 3.8) is 0 Å². The number of benzene rings is 2. The molecule has 0 atom stereocenters. The molecule has 3 nitrogen and oxygen atoms in total. The van der Waals surface area contributed by atoms with Gasteiger partial charge in [0.1, 0.15) is 5.82 Å². The lowest BCUT2D eigenvalue weighted by atomic mass is 10.1. The Balaban J connectivity index is 2.15. The van der Waals surface area contributed by atoms with Crippen LogP contribution in [0.4, 0.5) is 21.5 Å². The fraction of sp³-hybridized carbons (Fsp3) is 0.188. The number of amides is 1. The van der Waals surface area contributed by atoms with E-state index in [0.717, 1.165) is 11.3 Å². The second-order valence-electron chi connectivity index (χ2n) is 4.90. The van der Waals surface area contributed by atoms with Crippen molar-refractivity contribution in [3.8, 4) is 0 Å². The van der Waals surface area contributed by atoms with Crippen LogP contribution in [-0.4, -0.2) is 12.5 Å². The van der Waals surface area contributed by atoms with Crippen LogP contribution < -0.4 is 10.2 Å². The molecule has 0 bridgehead atoms. The SMILES string of the molecule is Cc1ccccc1N1CCC(=O)Nc2ccc(F)cc21. The second-order valence-corrected chi connectivity index (χ2v) is 4.90. The molecular weight excluding hydrogens is 255 g/mol. The van der Waals surface area contributed by atoms with E-state index in [1.807, 2.05) is 36.1 Å². The smallest absolute Gasteiger partial charge is 0.226 e. The molecule has 2 aromatic rings. The Kier molecular flexibility index (Phi) is 3.14. The maximum atomic E-state index is 13.6. The van der Waals surface area contributed by atoms with Gasteiger partial charge in [-0.2, -0.15) is 0 Å². The molecule has 0 aliphatic carbocycles. The second kappa shape index (κ2) is 4.96. The number of halogens is 1. The topological polar surface area (TPSA) is 32.3 Å². The lowest BCUT2D eigenvalue weighted by Crippen LogP contribution is -2.19. The van der Waals surface area contributed by atoms with Crippen molar-refractivity contribution < 1.29 is 9.18 Å². The van der Waals surface area contributed by atoms with Gasteiger partial charge in [0.05, 0.1) is 11.4 Å². The highest BCUT2D eigenvalue weighted by molar-refractivity contribution is 5.97. The van der Waals surface area contributed by atoms with Crippen molar-refractivity contribution in [1.82, 2.24) is 0 Å². The number of hydrogen-bond acceptors (Lipinski definition) is 2. The normalized spacial score (nSPS) is 14.5. The number of carbonyl (C=O) groups excluding carboxylic acids is 1. The Hall–Kier alpha value is -2.36. The number of nitrogens with zero attached hydrogens (tertiary/aromatic N) is 1. The summed E-state index contributed by atoms with van der Waals surface area (Å²) in [7, 11) is 0. The third kappa shape index (κ3) is 2.25. The molecule has 3 rings (SSSR count). The van der Waals surface area contributed by atoms with Gasteiger partial charge in [-0.3, -0.25) is 4.79 Å². The van der Waals surface area contributed by atoms with Gasteiger partial charge in [0.2, 0.25) is 5.91 Å². The van der Waals surface area contributed by atoms with Crippen molar-refractivity contribution >= 4 is 23.0 Å². The predicted octanol–water partition coefficient (Wildman–Crippen LogP) is 3.61. The van der Waals surface area contributed by atoms with Crippen LogP contribution in [0.2, 0.25) is 0 Å². The van der Waals surface area contributed by atoms with Gasteiger partial charge in [0, 0.05) is 18.7 Å². The summed E-state index contributed by atoms with van der Waals surface area (Å²) in [6.45, 7) is 2.54. The fourth-order valence-electron chi connectivity index (χ4n) is 2.50. The average molecular weight is 270 g/mol. The first-order valence-electron chi connectivity index (χ1n) is 6.58. The Morgan fingerprint density at radius 1 is 1.15 bits per heavy atom. The molecule has 0 fully saturated rings. The molecule has 1 amide bonds. The molecule has 1 N–H and O–H groups in total. The van der Waals surface area contributed by atoms with Gasteiger partial charge in [-0.25, -0.2) is 4.39 Å². The standard InChI is InChI=1S/C16H15FN2O/c1-11-4-2-3-5-14(11)19-9-8-16(20)18-13-7-6-12(17)10-15(13)19/h2-7,10H,8-9H2,1H3,(H,18,20). The summed E-state index contributed by atoms with van der Waals surface area (Å²) in [6.07, 6.45) is 0.380. The summed E-state index contributed by atoms with van der Waals surface area (Å²) in [4.78, 5) is 13.8. The maximum Gasteiger partial charge on any atom is 0.226 e. The summed E-state index contributed by atoms with van der Waals surface area (Å²) in [5.41, 5.74) is 3.44. The molecule has 0 aromatic heterocycles. The van der Waals surface area contributed by atoms with Gasteiger partial charge in [0.15, 0.2) is 0 Å². The van der Waals surface area contributed by atoms with Crippen molar-refractivity contribution in [1.29, 1.82) is 0 Å². The number of para-hydroxylation sites is 1. The lowest BCUT2D eigenvalue weighted by Gasteiger charge is -2.26. The van der Waals surface area contributed by atoms with Crippen LogP contribution in [0, 0.1) is 12.7 Å². The minimum Gasteiger partial charge on any atom is -0.339 e. The van der Waals surface area contributed by atoms with E-state index in [4.69, 9.17) is 0 Å². The van der Waals surface area contributed by atoms with Gasteiger partial charge >= 0.3 is 0 Å². The van der Waals surface area contributed by atoms with Crippen LogP contribution in [0.15, 0.2) is 42.5 Å². The summed E-state index contributed by atoms with van der Waals surface area (Å²) in [5, 5.41) is 2.82. The highest BCUT2D eigenvalue weighted by Gasteiger charge is 2.21. The number of fused-ring (bicyclic) bond motifs is 1. The Bertz CT molecular complexity index is 669. The van der Waals surface area contributed by atoms with Crippen LogP contribution in [0.25, 0.3) is 0 Å². The van der Waals surface area contributed by atoms with E-state index >= 15 is 0 Å². The van der Waals surface area contributed by atoms with Crippen LogP contribution in [0.3, 0.4) is 0 Å². The lowest BCUT2D eigenvalue weighted by molar-refractivity contribution is -0.115. The Morgan fingerprint density at radius 3 is 2.75 bits per heavy atom. The van der Waals surface area contributed by atoms with E-state index in [2.05, 4.69) is 5.32 Å². The average Bonchev–Trinajstić information content (AvgIpc) is 2.58. The predicted molar refractivity (Wildman–Crippen MR) is 77.8 cm³/mol. The third-order valence-corrected chi connectivity index (χ3v) is 3.49. The Labute approximate surface area is 117 Å². The molecule has 1 aliphatic heterocycles. The highest BCUT2D eigenvalue weighted by Crippen LogP contribution is 2.36. The number of carbonyl (C=O) groups is 1. The first kappa shape index (κ1) is 12.7. The van der Waals surface area contributed by atoms with Crippen molar-refractivity contribution in [2.75, 3.05) is 16.8 Å². The molecule has 20 heavy (non-hydrogen) atoms. The molecule has 4 heteroatoms. The molecule has 102 valence electrons. The van der Waals surface area contributed by atoms with Crippen molar-refractivity contribution in [2.45, 2.75) is 13.3 Å². The van der Waals surface area contributed by atoms with E-state index in [-0.39, 0.29) is 11.7 Å². The summed E-state index contributed by atoms with van der Waals surface area (Å²) < 4.78 is 13.6. The summed E-state index contributed by atoms with van der Waals surface area (Å²) in [5.74, 6) is -0.354. The molecular formula is C16H15FN2O. The van der Waals surface area contributed by atoms with E-state index in [0.29, 0.717) is 24.3 Å². The molecule has 2 aromatic carbocycles. The Morgan fingerprint density at radius 2 is 1.95 bits per heavy atom. The molecule has 1 heterocycles. The molecule has 0 saturated heterocycles. The van der Waals surface area contributed by atoms with E-state index in [9.17, 15) is 9.18 Å². The first-order chi connectivity index (χ1) is 9.65. The highest BCUT2D eigenvalue weighted by atomic mass is 19.1. The van der Waals surface area contributed by atoms with Crippen LogP contribution in [0.5, 0.6) is 0 Å². The molecule has 0 spiro atoms. The maximum absolute atomic E-state index is 13.6. The van der Waals surface area contributed by atoms with E-state index in [1.54, 1.807) is 6.07 Å². The molecule has 0 unspecified atom stereocenters. The molecule has 0 radical (unpaired) electrons. The monoisotopic (exact) mass is 270 g/mol. The van der Waals surface area contributed by atoms with Crippen LogP contribution in [0.1, 0.15) is 12.0 Å². The largest absolute Gasteiger partial charge is 0.339 e. The fourth-order valence-corrected chi connectivity index (χ4v) is 2.50. The van der Waals surface area contributed by atoms with Gasteiger partial charge in [-0.1, -0.05) is 18.2 Å².